The molecule has 1 aliphatic carbocycles. The smallest absolute Gasteiger partial charge is 0.327 e. The van der Waals surface area contributed by atoms with Crippen LogP contribution in [-0.2, 0) is 9.59 Å². The number of carbonyl (C=O) groups is 3. The van der Waals surface area contributed by atoms with Crippen molar-refractivity contribution in [3.8, 4) is 0 Å². The summed E-state index contributed by atoms with van der Waals surface area (Å²) < 4.78 is 0. The molecule has 0 radical (unpaired) electrons. The molecule has 4 unspecified atom stereocenters. The van der Waals surface area contributed by atoms with Gasteiger partial charge in [-0.3, -0.25) is 35.2 Å². The predicted octanol–water partition coefficient (Wildman–Crippen LogP) is 1.76. The fraction of sp³-hybridized carbons (Fsp3) is 0.591. The maximum atomic E-state index is 13.1. The molecule has 34 heavy (non-hydrogen) atoms. The van der Waals surface area contributed by atoms with Gasteiger partial charge < -0.3 is 10.2 Å². The molecular weight excluding hydrogens is 460 g/mol. The predicted molar refractivity (Wildman–Crippen MR) is 127 cm³/mol. The van der Waals surface area contributed by atoms with Crippen molar-refractivity contribution in [3.05, 3.63) is 39.9 Å². The van der Waals surface area contributed by atoms with Crippen LogP contribution in [0.15, 0.2) is 24.3 Å². The van der Waals surface area contributed by atoms with E-state index in [1.54, 1.807) is 19.2 Å². The molecule has 1 aromatic carbocycles. The lowest BCUT2D eigenvalue weighted by molar-refractivity contribution is -0.384. The summed E-state index contributed by atoms with van der Waals surface area (Å²) in [7, 11) is 3.09. The van der Waals surface area contributed by atoms with E-state index in [4.69, 9.17) is 0 Å². The Hall–Kier alpha value is -2.70. The number of urea groups is 1. The molecule has 12 heteroatoms. The van der Waals surface area contributed by atoms with Gasteiger partial charge in [0.05, 0.1) is 34.3 Å². The Morgan fingerprint density at radius 3 is 2.47 bits per heavy atom. The highest BCUT2D eigenvalue weighted by Crippen LogP contribution is 2.34. The lowest BCUT2D eigenvalue weighted by atomic mass is 9.95. The van der Waals surface area contributed by atoms with Crippen LogP contribution >= 0.6 is 11.8 Å². The van der Waals surface area contributed by atoms with Gasteiger partial charge in [-0.05, 0) is 30.5 Å². The minimum atomic E-state index is -0.602. The van der Waals surface area contributed by atoms with E-state index in [1.807, 2.05) is 0 Å². The van der Waals surface area contributed by atoms with Gasteiger partial charge in [0.2, 0.25) is 11.8 Å². The van der Waals surface area contributed by atoms with Crippen molar-refractivity contribution in [1.29, 1.82) is 0 Å². The van der Waals surface area contributed by atoms with Gasteiger partial charge in [-0.1, -0.05) is 19.3 Å². The molecule has 2 heterocycles. The van der Waals surface area contributed by atoms with Crippen molar-refractivity contribution >= 4 is 35.3 Å². The van der Waals surface area contributed by atoms with Gasteiger partial charge >= 0.3 is 6.03 Å². The number of hydrogen-bond acceptors (Lipinski definition) is 8. The third-order valence-electron chi connectivity index (χ3n) is 6.76. The molecule has 0 aromatic heterocycles. The Kier molecular flexibility index (Phi) is 7.39. The van der Waals surface area contributed by atoms with Crippen LogP contribution < -0.4 is 16.0 Å². The molecule has 3 N–H and O–H groups in total. The van der Waals surface area contributed by atoms with E-state index in [9.17, 15) is 24.5 Å². The monoisotopic (exact) mass is 490 g/mol. The number of thioether (sulfide) groups is 1. The number of nitrogens with one attached hydrogen (secondary N) is 3. The molecule has 3 fully saturated rings. The van der Waals surface area contributed by atoms with Crippen LogP contribution in [0.4, 0.5) is 10.5 Å². The van der Waals surface area contributed by atoms with Crippen molar-refractivity contribution in [2.24, 2.45) is 5.92 Å². The average molecular weight is 491 g/mol. The van der Waals surface area contributed by atoms with Crippen molar-refractivity contribution in [2.75, 3.05) is 19.8 Å². The van der Waals surface area contributed by atoms with Crippen LogP contribution in [0.25, 0.3) is 0 Å². The largest absolute Gasteiger partial charge is 0.353 e. The van der Waals surface area contributed by atoms with E-state index < -0.39 is 34.6 Å². The first-order valence-electron chi connectivity index (χ1n) is 11.5. The van der Waals surface area contributed by atoms with Gasteiger partial charge in [-0.25, -0.2) is 4.79 Å². The molecular formula is C22H30N6O5S. The molecule has 1 aromatic rings. The normalized spacial score (nSPS) is 27.9. The molecule has 4 atom stereocenters. The van der Waals surface area contributed by atoms with Crippen molar-refractivity contribution in [1.82, 2.24) is 25.8 Å². The molecule has 3 aliphatic rings. The SMILES string of the molecule is CN1C(=O)C2C(SCC(=O)NC3CCCCC3)NC(c3ccc([N+](=O)[O-])cc3)NC2N(C)C1=O. The Bertz CT molecular complexity index is 954. The highest BCUT2D eigenvalue weighted by Gasteiger charge is 2.51. The van der Waals surface area contributed by atoms with Gasteiger partial charge in [-0.15, -0.1) is 11.8 Å². The zero-order valence-corrected chi connectivity index (χ0v) is 20.0. The Balaban J connectivity index is 1.51. The average Bonchev–Trinajstić information content (AvgIpc) is 2.85. The summed E-state index contributed by atoms with van der Waals surface area (Å²) in [4.78, 5) is 51.4. The first-order valence-corrected chi connectivity index (χ1v) is 12.5. The fourth-order valence-electron chi connectivity index (χ4n) is 4.86. The number of carbonyl (C=O) groups excluding carboxylic acids is 3. The quantitative estimate of drug-likeness (QED) is 0.405. The summed E-state index contributed by atoms with van der Waals surface area (Å²) in [6.07, 6.45) is 4.38. The topological polar surface area (TPSA) is 137 Å². The molecule has 2 aliphatic heterocycles. The van der Waals surface area contributed by atoms with Crippen LogP contribution in [0.2, 0.25) is 0 Å². The number of imide groups is 1. The number of fused-ring (bicyclic) bond motifs is 1. The second-order valence-corrected chi connectivity index (χ2v) is 10.1. The van der Waals surface area contributed by atoms with Crippen molar-refractivity contribution < 1.29 is 19.3 Å². The Morgan fingerprint density at radius 1 is 1.15 bits per heavy atom. The molecule has 0 spiro atoms. The maximum Gasteiger partial charge on any atom is 0.327 e. The number of non-ortho nitro benzene ring substituents is 1. The summed E-state index contributed by atoms with van der Waals surface area (Å²) in [6, 6.07) is 5.90. The number of nitro benzene ring substituents is 1. The lowest BCUT2D eigenvalue weighted by Gasteiger charge is -2.50. The van der Waals surface area contributed by atoms with E-state index in [2.05, 4.69) is 16.0 Å². The van der Waals surface area contributed by atoms with Crippen LogP contribution in [0, 0.1) is 16.0 Å². The minimum Gasteiger partial charge on any atom is -0.353 e. The number of nitrogens with zero attached hydrogens (tertiary/aromatic N) is 3. The highest BCUT2D eigenvalue weighted by atomic mass is 32.2. The van der Waals surface area contributed by atoms with Crippen LogP contribution in [-0.4, -0.2) is 70.0 Å². The second-order valence-electron chi connectivity index (χ2n) is 9.01. The first-order chi connectivity index (χ1) is 16.3. The van der Waals surface area contributed by atoms with Gasteiger partial charge in [-0.2, -0.15) is 0 Å². The molecule has 1 saturated carbocycles. The third kappa shape index (κ3) is 5.03. The molecule has 4 rings (SSSR count). The zero-order valence-electron chi connectivity index (χ0n) is 19.2. The number of nitro groups is 1. The second kappa shape index (κ2) is 10.3. The van der Waals surface area contributed by atoms with Crippen LogP contribution in [0.5, 0.6) is 0 Å². The third-order valence-corrected chi connectivity index (χ3v) is 7.98. The van der Waals surface area contributed by atoms with E-state index in [0.717, 1.165) is 36.1 Å². The molecule has 184 valence electrons. The lowest BCUT2D eigenvalue weighted by Crippen LogP contribution is -2.72. The van der Waals surface area contributed by atoms with Crippen LogP contribution in [0.3, 0.4) is 0 Å². The summed E-state index contributed by atoms with van der Waals surface area (Å²) >= 11 is 1.34. The van der Waals surface area contributed by atoms with Gasteiger partial charge in [0.1, 0.15) is 0 Å². The molecule has 11 nitrogen and oxygen atoms in total. The van der Waals surface area contributed by atoms with E-state index in [0.29, 0.717) is 0 Å². The molecule has 0 bridgehead atoms. The number of amides is 4. The van der Waals surface area contributed by atoms with Gasteiger partial charge in [0.15, 0.2) is 0 Å². The number of hydrogen-bond donors (Lipinski definition) is 3. The Morgan fingerprint density at radius 2 is 1.82 bits per heavy atom. The summed E-state index contributed by atoms with van der Waals surface area (Å²) in [5.41, 5.74) is 0.707. The van der Waals surface area contributed by atoms with Gasteiger partial charge in [0.25, 0.3) is 5.69 Å². The van der Waals surface area contributed by atoms with E-state index in [1.165, 1.54) is 42.3 Å². The molecule has 2 saturated heterocycles. The first kappa shape index (κ1) is 24.4. The number of benzene rings is 1. The summed E-state index contributed by atoms with van der Waals surface area (Å²) in [5.74, 6) is -0.810. The highest BCUT2D eigenvalue weighted by molar-refractivity contribution is 8.00. The van der Waals surface area contributed by atoms with Crippen LogP contribution in [0.1, 0.15) is 43.8 Å². The zero-order chi connectivity index (χ0) is 24.4. The number of rotatable bonds is 6. The van der Waals surface area contributed by atoms with E-state index in [-0.39, 0.29) is 29.3 Å². The van der Waals surface area contributed by atoms with Crippen molar-refractivity contribution in [2.45, 2.75) is 55.9 Å². The van der Waals surface area contributed by atoms with Crippen molar-refractivity contribution in [3.63, 3.8) is 0 Å². The molecule has 4 amide bonds. The minimum absolute atomic E-state index is 0.0236. The summed E-state index contributed by atoms with van der Waals surface area (Å²) in [6.45, 7) is 0. The van der Waals surface area contributed by atoms with Gasteiger partial charge in [0, 0.05) is 32.3 Å². The van der Waals surface area contributed by atoms with E-state index >= 15 is 0 Å². The standard InChI is InChI=1S/C22H30N6O5S/c1-26-19-17(21(30)27(2)22(26)31)20(34-12-16(29)23-14-6-4-3-5-7-14)25-18(24-19)13-8-10-15(11-9-13)28(32)33/h8-11,14,17-20,24-25H,3-7,12H2,1-2H3,(H,23,29). The summed E-state index contributed by atoms with van der Waals surface area (Å²) in [5, 5.41) is 20.3. The Labute approximate surface area is 202 Å². The fourth-order valence-corrected chi connectivity index (χ4v) is 5.98. The maximum absolute atomic E-state index is 13.1.